The zero-order valence-corrected chi connectivity index (χ0v) is 15.7. The van der Waals surface area contributed by atoms with Crippen LogP contribution in [0.15, 0.2) is 35.7 Å². The molecule has 0 radical (unpaired) electrons. The quantitative estimate of drug-likeness (QED) is 0.843. The maximum Gasteiger partial charge on any atom is 0.237 e. The molecule has 3 nitrogen and oxygen atoms in total. The average molecular weight is 363 g/mol. The predicted molar refractivity (Wildman–Crippen MR) is 101 cm³/mol. The van der Waals surface area contributed by atoms with E-state index in [4.69, 9.17) is 11.6 Å². The maximum atomic E-state index is 12.7. The lowest BCUT2D eigenvalue weighted by molar-refractivity contribution is -0.133. The number of amides is 1. The molecule has 0 fully saturated rings. The van der Waals surface area contributed by atoms with Crippen LogP contribution < -0.4 is 5.32 Å². The lowest BCUT2D eigenvalue weighted by atomic mass is 9.97. The van der Waals surface area contributed by atoms with E-state index in [1.165, 1.54) is 10.4 Å². The summed E-state index contributed by atoms with van der Waals surface area (Å²) in [6, 6.07) is 10.3. The first-order valence-electron chi connectivity index (χ1n) is 8.44. The molecule has 5 heteroatoms. The van der Waals surface area contributed by atoms with Crippen molar-refractivity contribution in [1.29, 1.82) is 0 Å². The molecule has 0 saturated carbocycles. The van der Waals surface area contributed by atoms with Gasteiger partial charge in [-0.3, -0.25) is 4.79 Å². The number of rotatable bonds is 5. The molecule has 1 aliphatic heterocycles. The van der Waals surface area contributed by atoms with Gasteiger partial charge >= 0.3 is 0 Å². The molecule has 0 bridgehead atoms. The van der Waals surface area contributed by atoms with Crippen molar-refractivity contribution < 1.29 is 4.79 Å². The van der Waals surface area contributed by atoms with Gasteiger partial charge in [0.2, 0.25) is 5.91 Å². The lowest BCUT2D eigenvalue weighted by Crippen LogP contribution is -2.44. The van der Waals surface area contributed by atoms with Crippen molar-refractivity contribution in [1.82, 2.24) is 10.2 Å². The Kier molecular flexibility index (Phi) is 5.59. The van der Waals surface area contributed by atoms with Crippen molar-refractivity contribution in [3.05, 3.63) is 56.7 Å². The third-order valence-corrected chi connectivity index (χ3v) is 5.94. The third-order valence-electron chi connectivity index (χ3n) is 4.71. The van der Waals surface area contributed by atoms with Gasteiger partial charge in [0.25, 0.3) is 0 Å². The highest BCUT2D eigenvalue weighted by Gasteiger charge is 2.30. The van der Waals surface area contributed by atoms with Gasteiger partial charge in [-0.15, -0.1) is 11.3 Å². The topological polar surface area (TPSA) is 32.3 Å². The first kappa shape index (κ1) is 17.5. The van der Waals surface area contributed by atoms with Crippen LogP contribution in [0, 0.1) is 0 Å². The first-order valence-corrected chi connectivity index (χ1v) is 9.70. The third kappa shape index (κ3) is 3.66. The largest absolute Gasteiger partial charge is 0.334 e. The number of carbonyl (C=O) groups is 1. The average Bonchev–Trinajstić information content (AvgIpc) is 3.07. The summed E-state index contributed by atoms with van der Waals surface area (Å²) in [7, 11) is 0. The number of halogens is 1. The number of benzene rings is 1. The fourth-order valence-electron chi connectivity index (χ4n) is 3.37. The maximum absolute atomic E-state index is 12.7. The summed E-state index contributed by atoms with van der Waals surface area (Å²) in [5, 5.41) is 6.20. The van der Waals surface area contributed by atoms with Gasteiger partial charge in [0.05, 0.1) is 12.6 Å². The van der Waals surface area contributed by atoms with Gasteiger partial charge in [0.15, 0.2) is 0 Å². The van der Waals surface area contributed by atoms with E-state index in [1.54, 1.807) is 0 Å². The Hall–Kier alpha value is -1.36. The van der Waals surface area contributed by atoms with Crippen molar-refractivity contribution >= 4 is 28.8 Å². The van der Waals surface area contributed by atoms with Crippen molar-refractivity contribution in [3.63, 3.8) is 0 Å². The van der Waals surface area contributed by atoms with E-state index in [-0.39, 0.29) is 18.0 Å². The van der Waals surface area contributed by atoms with Crippen molar-refractivity contribution in [2.75, 3.05) is 13.1 Å². The van der Waals surface area contributed by atoms with Crippen molar-refractivity contribution in [2.24, 2.45) is 0 Å². The van der Waals surface area contributed by atoms with E-state index < -0.39 is 0 Å². The molecule has 1 aromatic carbocycles. The number of nitrogens with one attached hydrogen (secondary N) is 1. The molecule has 2 unspecified atom stereocenters. The Labute approximate surface area is 152 Å². The molecule has 24 heavy (non-hydrogen) atoms. The van der Waals surface area contributed by atoms with Crippen molar-refractivity contribution in [3.8, 4) is 0 Å². The summed E-state index contributed by atoms with van der Waals surface area (Å²) in [6.45, 7) is 5.38. The molecule has 0 spiro atoms. The molecule has 2 aromatic rings. The van der Waals surface area contributed by atoms with Crippen LogP contribution in [0.4, 0.5) is 0 Å². The Morgan fingerprint density at radius 1 is 1.46 bits per heavy atom. The second-order valence-corrected chi connectivity index (χ2v) is 7.65. The smallest absolute Gasteiger partial charge is 0.237 e. The van der Waals surface area contributed by atoms with Gasteiger partial charge in [0.1, 0.15) is 0 Å². The summed E-state index contributed by atoms with van der Waals surface area (Å²) >= 11 is 7.86. The molecule has 3 rings (SSSR count). The molecule has 1 N–H and O–H groups in total. The monoisotopic (exact) mass is 362 g/mol. The lowest BCUT2D eigenvalue weighted by Gasteiger charge is -2.36. The van der Waals surface area contributed by atoms with E-state index in [0.717, 1.165) is 30.0 Å². The SMILES string of the molecule is CCC1c2ccsc2CCN1C(=O)CNC(C)c1cccc(Cl)c1. The summed E-state index contributed by atoms with van der Waals surface area (Å²) in [4.78, 5) is 16.2. The minimum Gasteiger partial charge on any atom is -0.334 e. The highest BCUT2D eigenvalue weighted by atomic mass is 35.5. The van der Waals surface area contributed by atoms with E-state index in [0.29, 0.717) is 6.54 Å². The number of carbonyl (C=O) groups excluding carboxylic acids is 1. The molecule has 1 aromatic heterocycles. The fraction of sp³-hybridized carbons (Fsp3) is 0.421. The van der Waals surface area contributed by atoms with E-state index in [2.05, 4.69) is 30.6 Å². The van der Waals surface area contributed by atoms with Crippen molar-refractivity contribution in [2.45, 2.75) is 38.8 Å². The van der Waals surface area contributed by atoms with E-state index >= 15 is 0 Å². The molecule has 1 aliphatic rings. The molecular weight excluding hydrogens is 340 g/mol. The minimum atomic E-state index is 0.0919. The normalized spacial score (nSPS) is 18.3. The molecule has 0 aliphatic carbocycles. The van der Waals surface area contributed by atoms with E-state index in [1.807, 2.05) is 40.5 Å². The summed E-state index contributed by atoms with van der Waals surface area (Å²) in [5.41, 5.74) is 2.44. The second kappa shape index (κ2) is 7.68. The number of nitrogens with zero attached hydrogens (tertiary/aromatic N) is 1. The van der Waals surface area contributed by atoms with Crippen LogP contribution in [0.2, 0.25) is 5.02 Å². The van der Waals surface area contributed by atoms with Crippen LogP contribution in [-0.2, 0) is 11.2 Å². The van der Waals surface area contributed by atoms with Crippen LogP contribution in [0.25, 0.3) is 0 Å². The second-order valence-electron chi connectivity index (χ2n) is 6.22. The number of hydrogen-bond acceptors (Lipinski definition) is 3. The molecule has 128 valence electrons. The van der Waals surface area contributed by atoms with Gasteiger partial charge in [-0.25, -0.2) is 0 Å². The summed E-state index contributed by atoms with van der Waals surface area (Å²) < 4.78 is 0. The number of fused-ring (bicyclic) bond motifs is 1. The number of hydrogen-bond donors (Lipinski definition) is 1. The van der Waals surface area contributed by atoms with Gasteiger partial charge in [-0.2, -0.15) is 0 Å². The molecule has 0 saturated heterocycles. The zero-order valence-electron chi connectivity index (χ0n) is 14.1. The standard InChI is InChI=1S/C19H23ClN2OS/c1-3-17-16-8-10-24-18(16)7-9-22(17)19(23)12-21-13(2)14-5-4-6-15(20)11-14/h4-6,8,10-11,13,17,21H,3,7,9,12H2,1-2H3. The van der Waals surface area contributed by atoms with Crippen LogP contribution in [0.1, 0.15) is 48.4 Å². The van der Waals surface area contributed by atoms with Crippen LogP contribution in [-0.4, -0.2) is 23.9 Å². The van der Waals surface area contributed by atoms with Gasteiger partial charge in [0, 0.05) is 22.5 Å². The summed E-state index contributed by atoms with van der Waals surface area (Å²) in [6.07, 6.45) is 1.93. The van der Waals surface area contributed by atoms with Crippen LogP contribution >= 0.6 is 22.9 Å². The van der Waals surface area contributed by atoms with Crippen LogP contribution in [0.5, 0.6) is 0 Å². The predicted octanol–water partition coefficient (Wildman–Crippen LogP) is 4.59. The van der Waals surface area contributed by atoms with Gasteiger partial charge in [-0.05, 0) is 54.5 Å². The Morgan fingerprint density at radius 2 is 2.29 bits per heavy atom. The molecule has 2 heterocycles. The molecule has 2 atom stereocenters. The van der Waals surface area contributed by atoms with Gasteiger partial charge < -0.3 is 10.2 Å². The summed E-state index contributed by atoms with van der Waals surface area (Å²) in [5.74, 6) is 0.174. The minimum absolute atomic E-state index is 0.0919. The van der Waals surface area contributed by atoms with E-state index in [9.17, 15) is 4.79 Å². The Balaban J connectivity index is 1.63. The van der Waals surface area contributed by atoms with Crippen LogP contribution in [0.3, 0.4) is 0 Å². The van der Waals surface area contributed by atoms with Gasteiger partial charge in [-0.1, -0.05) is 30.7 Å². The number of thiophene rings is 1. The highest BCUT2D eigenvalue weighted by molar-refractivity contribution is 7.10. The molecular formula is C19H23ClN2OS. The zero-order chi connectivity index (χ0) is 17.1. The Morgan fingerprint density at radius 3 is 3.04 bits per heavy atom. The fourth-order valence-corrected chi connectivity index (χ4v) is 4.50. The Bertz CT molecular complexity index is 715. The highest BCUT2D eigenvalue weighted by Crippen LogP contribution is 2.35. The first-order chi connectivity index (χ1) is 11.6. The molecule has 1 amide bonds.